The number of tetrazole rings is 1. The van der Waals surface area contributed by atoms with Gasteiger partial charge in [-0.1, -0.05) is 5.21 Å². The number of nitrogens with zero attached hydrogens (tertiary/aromatic N) is 4. The van der Waals surface area contributed by atoms with Crippen molar-refractivity contribution in [2.24, 2.45) is 0 Å². The number of ether oxygens (including phenoxy) is 1. The van der Waals surface area contributed by atoms with E-state index < -0.39 is 22.0 Å². The van der Waals surface area contributed by atoms with Crippen molar-refractivity contribution >= 4 is 16.0 Å². The number of sulfonamides is 1. The second-order valence-electron chi connectivity index (χ2n) is 3.95. The van der Waals surface area contributed by atoms with Gasteiger partial charge in [-0.05, 0) is 13.8 Å². The average molecular weight is 315 g/mol. The summed E-state index contributed by atoms with van der Waals surface area (Å²) < 4.78 is 31.6. The lowest BCUT2D eigenvalue weighted by atomic mass is 10.4. The van der Waals surface area contributed by atoms with Gasteiger partial charge in [0.2, 0.25) is 0 Å². The third kappa shape index (κ3) is 3.22. The van der Waals surface area contributed by atoms with Crippen molar-refractivity contribution in [2.45, 2.75) is 24.9 Å². The van der Waals surface area contributed by atoms with Gasteiger partial charge in [-0.25, -0.2) is 13.2 Å². The molecule has 1 unspecified atom stereocenters. The number of aromatic amines is 2. The number of aromatic nitrogens is 6. The Balaban J connectivity index is 2.24. The Hall–Kier alpha value is -2.34. The van der Waals surface area contributed by atoms with Crippen molar-refractivity contribution in [2.75, 3.05) is 6.61 Å². The third-order valence-corrected chi connectivity index (χ3v) is 3.96. The predicted molar refractivity (Wildman–Crippen MR) is 67.5 cm³/mol. The van der Waals surface area contributed by atoms with E-state index >= 15 is 0 Å². The quantitative estimate of drug-likeness (QED) is 0.581. The van der Waals surface area contributed by atoms with Crippen LogP contribution in [0.25, 0.3) is 0 Å². The van der Waals surface area contributed by atoms with Gasteiger partial charge in [-0.2, -0.15) is 15.0 Å². The first-order valence-electron chi connectivity index (χ1n) is 5.92. The lowest BCUT2D eigenvalue weighted by molar-refractivity contribution is 0.0522. The highest BCUT2D eigenvalue weighted by Gasteiger charge is 2.28. The van der Waals surface area contributed by atoms with Crippen molar-refractivity contribution in [3.63, 3.8) is 0 Å². The first-order chi connectivity index (χ1) is 9.95. The summed E-state index contributed by atoms with van der Waals surface area (Å²) >= 11 is 0. The molecule has 11 nitrogen and oxygen atoms in total. The van der Waals surface area contributed by atoms with Gasteiger partial charge in [0.25, 0.3) is 10.0 Å². The van der Waals surface area contributed by atoms with E-state index in [9.17, 15) is 13.2 Å². The predicted octanol–water partition coefficient (Wildman–Crippen LogP) is -0.861. The lowest BCUT2D eigenvalue weighted by Crippen LogP contribution is -2.29. The van der Waals surface area contributed by atoms with Crippen LogP contribution in [-0.4, -0.2) is 51.8 Å². The highest BCUT2D eigenvalue weighted by molar-refractivity contribution is 7.89. The Bertz CT molecular complexity index is 708. The smallest absolute Gasteiger partial charge is 0.342 e. The molecule has 0 aliphatic rings. The summed E-state index contributed by atoms with van der Waals surface area (Å²) in [6.45, 7) is 3.27. The normalized spacial score (nSPS) is 13.0. The minimum absolute atomic E-state index is 0.121. The molecule has 0 fully saturated rings. The van der Waals surface area contributed by atoms with E-state index in [1.807, 2.05) is 0 Å². The van der Waals surface area contributed by atoms with Crippen LogP contribution in [0.3, 0.4) is 0 Å². The Morgan fingerprint density at radius 1 is 1.52 bits per heavy atom. The van der Waals surface area contributed by atoms with E-state index in [0.717, 1.165) is 6.20 Å². The van der Waals surface area contributed by atoms with E-state index in [2.05, 4.69) is 35.5 Å². The largest absolute Gasteiger partial charge is 0.462 e. The summed E-state index contributed by atoms with van der Waals surface area (Å²) in [7, 11) is -4.03. The summed E-state index contributed by atoms with van der Waals surface area (Å²) in [6, 6.07) is -0.743. The molecule has 2 aromatic rings. The molecule has 0 spiro atoms. The van der Waals surface area contributed by atoms with Crippen LogP contribution in [-0.2, 0) is 14.8 Å². The topological polar surface area (TPSA) is 156 Å². The van der Waals surface area contributed by atoms with E-state index in [4.69, 9.17) is 4.74 Å². The van der Waals surface area contributed by atoms with Crippen molar-refractivity contribution in [1.29, 1.82) is 0 Å². The second kappa shape index (κ2) is 5.97. The molecule has 0 aliphatic heterocycles. The summed E-state index contributed by atoms with van der Waals surface area (Å²) in [4.78, 5) is 11.7. The van der Waals surface area contributed by atoms with Gasteiger partial charge in [-0.3, -0.25) is 5.10 Å². The van der Waals surface area contributed by atoms with Crippen LogP contribution in [0.15, 0.2) is 11.2 Å². The van der Waals surface area contributed by atoms with Gasteiger partial charge in [0, 0.05) is 0 Å². The van der Waals surface area contributed by atoms with Gasteiger partial charge >= 0.3 is 5.97 Å². The summed E-state index contributed by atoms with van der Waals surface area (Å²) in [6.07, 6.45) is 1.09. The molecule has 0 aromatic carbocycles. The Morgan fingerprint density at radius 3 is 2.90 bits per heavy atom. The molecule has 0 saturated heterocycles. The van der Waals surface area contributed by atoms with E-state index in [1.54, 1.807) is 6.92 Å². The molecule has 0 saturated carbocycles. The van der Waals surface area contributed by atoms with Crippen molar-refractivity contribution in [1.82, 2.24) is 35.5 Å². The molecule has 0 aliphatic carbocycles. The molecule has 1 atom stereocenters. The Morgan fingerprint density at radius 2 is 2.29 bits per heavy atom. The Kier molecular flexibility index (Phi) is 4.28. The maximum atomic E-state index is 12.3. The van der Waals surface area contributed by atoms with Crippen LogP contribution in [0.5, 0.6) is 0 Å². The van der Waals surface area contributed by atoms with Crippen LogP contribution in [0, 0.1) is 0 Å². The van der Waals surface area contributed by atoms with Gasteiger partial charge in [-0.15, -0.1) is 10.2 Å². The number of hydrogen-bond acceptors (Lipinski definition) is 8. The van der Waals surface area contributed by atoms with E-state index in [1.165, 1.54) is 6.92 Å². The molecule has 114 valence electrons. The summed E-state index contributed by atoms with van der Waals surface area (Å²) in [5.74, 6) is -0.616. The molecule has 12 heteroatoms. The minimum atomic E-state index is -4.03. The lowest BCUT2D eigenvalue weighted by Gasteiger charge is -2.10. The number of hydrogen-bond donors (Lipinski definition) is 3. The third-order valence-electron chi connectivity index (χ3n) is 2.45. The van der Waals surface area contributed by atoms with Crippen LogP contribution >= 0.6 is 0 Å². The molecule has 0 bridgehead atoms. The number of nitrogens with one attached hydrogen (secondary N) is 3. The zero-order valence-corrected chi connectivity index (χ0v) is 12.0. The number of esters is 1. The van der Waals surface area contributed by atoms with Crippen LogP contribution < -0.4 is 4.72 Å². The highest BCUT2D eigenvalue weighted by Crippen LogP contribution is 2.16. The van der Waals surface area contributed by atoms with Crippen LogP contribution in [0.1, 0.15) is 36.1 Å². The fraction of sp³-hybridized carbons (Fsp3) is 0.444. The molecular weight excluding hydrogens is 302 g/mol. The fourth-order valence-electron chi connectivity index (χ4n) is 1.53. The second-order valence-corrected chi connectivity index (χ2v) is 5.60. The average Bonchev–Trinajstić information content (AvgIpc) is 3.10. The Labute approximate surface area is 119 Å². The summed E-state index contributed by atoms with van der Waals surface area (Å²) in [5, 5.41) is 18.4. The molecule has 0 radical (unpaired) electrons. The number of carbonyl (C=O) groups excluding carboxylic acids is 1. The van der Waals surface area contributed by atoms with Crippen LogP contribution in [0.2, 0.25) is 0 Å². The first-order valence-corrected chi connectivity index (χ1v) is 7.40. The molecule has 2 aromatic heterocycles. The van der Waals surface area contributed by atoms with Crippen molar-refractivity contribution in [3.8, 4) is 0 Å². The monoisotopic (exact) mass is 315 g/mol. The van der Waals surface area contributed by atoms with Gasteiger partial charge in [0.05, 0.1) is 18.8 Å². The van der Waals surface area contributed by atoms with E-state index in [0.29, 0.717) is 0 Å². The van der Waals surface area contributed by atoms with Gasteiger partial charge in [0.1, 0.15) is 5.56 Å². The summed E-state index contributed by atoms with van der Waals surface area (Å²) in [5.41, 5.74) is -0.176. The van der Waals surface area contributed by atoms with Gasteiger partial charge < -0.3 is 4.74 Å². The molecule has 21 heavy (non-hydrogen) atoms. The standard InChI is InChI=1S/C9H13N7O4S/c1-3-20-9(17)6-4-10-13-8(6)21(18,19)14-5(2)7-11-15-16-12-7/h4-5,14H,3H2,1-2H3,(H,10,13)(H,11,12,15,16). The number of carbonyl (C=O) groups is 1. The molecular formula is C9H13N7O4S. The maximum absolute atomic E-state index is 12.3. The van der Waals surface area contributed by atoms with Crippen molar-refractivity contribution < 1.29 is 17.9 Å². The molecule has 0 amide bonds. The molecule has 3 N–H and O–H groups in total. The maximum Gasteiger partial charge on any atom is 0.342 e. The van der Waals surface area contributed by atoms with Gasteiger partial charge in [0.15, 0.2) is 10.9 Å². The fourth-order valence-corrected chi connectivity index (χ4v) is 2.82. The number of rotatable bonds is 6. The minimum Gasteiger partial charge on any atom is -0.462 e. The first kappa shape index (κ1) is 15.1. The number of H-pyrrole nitrogens is 2. The zero-order valence-electron chi connectivity index (χ0n) is 11.2. The van der Waals surface area contributed by atoms with Crippen LogP contribution in [0.4, 0.5) is 0 Å². The van der Waals surface area contributed by atoms with Crippen molar-refractivity contribution in [3.05, 3.63) is 17.6 Å². The molecule has 2 rings (SSSR count). The zero-order chi connectivity index (χ0) is 15.5. The van der Waals surface area contributed by atoms with E-state index in [-0.39, 0.29) is 23.0 Å². The SMILES string of the molecule is CCOC(=O)c1cn[nH]c1S(=O)(=O)NC(C)c1nn[nH]n1. The molecule has 2 heterocycles. The highest BCUT2D eigenvalue weighted by atomic mass is 32.2.